The molecule has 146 valence electrons. The summed E-state index contributed by atoms with van der Waals surface area (Å²) in [4.78, 5) is 30.1. The fraction of sp³-hybridized carbons (Fsp3) is 0.273. The highest BCUT2D eigenvalue weighted by molar-refractivity contribution is 6.04. The van der Waals surface area contributed by atoms with Crippen LogP contribution in [0.1, 0.15) is 35.1 Å². The summed E-state index contributed by atoms with van der Waals surface area (Å²) in [5, 5.41) is 5.01. The van der Waals surface area contributed by atoms with Gasteiger partial charge in [-0.2, -0.15) is 5.10 Å². The average molecular weight is 387 g/mol. The molecule has 2 N–H and O–H groups in total. The third-order valence-electron chi connectivity index (χ3n) is 5.27. The van der Waals surface area contributed by atoms with Crippen LogP contribution in [0.3, 0.4) is 0 Å². The first-order chi connectivity index (χ1) is 13.8. The summed E-state index contributed by atoms with van der Waals surface area (Å²) in [6.45, 7) is 4.47. The molecule has 2 amide bonds. The van der Waals surface area contributed by atoms with E-state index in [4.69, 9.17) is 5.73 Å². The topological polar surface area (TPSA) is 94.1 Å². The molecule has 1 atom stereocenters. The van der Waals surface area contributed by atoms with Gasteiger partial charge in [0, 0.05) is 31.0 Å². The van der Waals surface area contributed by atoms with Crippen LogP contribution in [0, 0.1) is 24.2 Å². The van der Waals surface area contributed by atoms with Crippen LogP contribution in [0.25, 0.3) is 16.6 Å². The van der Waals surface area contributed by atoms with E-state index in [0.29, 0.717) is 18.4 Å². The molecule has 29 heavy (non-hydrogen) atoms. The first kappa shape index (κ1) is 18.7. The molecular weight excluding hydrogens is 366 g/mol. The number of fused-ring (bicyclic) bond motifs is 1. The van der Waals surface area contributed by atoms with E-state index in [1.54, 1.807) is 22.8 Å². The van der Waals surface area contributed by atoms with Gasteiger partial charge in [0.05, 0.1) is 16.6 Å². The highest BCUT2D eigenvalue weighted by atomic mass is 16.2. The van der Waals surface area contributed by atoms with Gasteiger partial charge in [0.15, 0.2) is 5.69 Å². The Bertz CT molecular complexity index is 1220. The number of carbonyl (C=O) groups excluding carboxylic acids is 2. The van der Waals surface area contributed by atoms with Gasteiger partial charge in [-0.15, -0.1) is 0 Å². The molecule has 1 saturated heterocycles. The third-order valence-corrected chi connectivity index (χ3v) is 5.27. The van der Waals surface area contributed by atoms with Crippen LogP contribution in [-0.4, -0.2) is 45.1 Å². The van der Waals surface area contributed by atoms with Crippen molar-refractivity contribution in [2.75, 3.05) is 13.6 Å². The molecule has 7 heteroatoms. The lowest BCUT2D eigenvalue weighted by Gasteiger charge is -2.14. The van der Waals surface area contributed by atoms with Crippen molar-refractivity contribution in [3.05, 3.63) is 53.5 Å². The van der Waals surface area contributed by atoms with Gasteiger partial charge >= 0.3 is 0 Å². The third kappa shape index (κ3) is 3.23. The Labute approximate surface area is 168 Å². The number of benzene rings is 1. The Morgan fingerprint density at radius 2 is 2.10 bits per heavy atom. The summed E-state index contributed by atoms with van der Waals surface area (Å²) in [7, 11) is 1.80. The number of rotatable bonds is 2. The Morgan fingerprint density at radius 3 is 2.79 bits per heavy atom. The normalized spacial score (nSPS) is 18.7. The quantitative estimate of drug-likeness (QED) is 0.681. The van der Waals surface area contributed by atoms with Crippen LogP contribution in [0.2, 0.25) is 0 Å². The number of aryl methyl sites for hydroxylation is 1. The minimum absolute atomic E-state index is 0.0494. The molecule has 2 aromatic heterocycles. The van der Waals surface area contributed by atoms with Gasteiger partial charge in [0.2, 0.25) is 5.91 Å². The second-order valence-electron chi connectivity index (χ2n) is 7.58. The number of primary amides is 1. The van der Waals surface area contributed by atoms with Gasteiger partial charge in [0.1, 0.15) is 5.41 Å². The van der Waals surface area contributed by atoms with Gasteiger partial charge in [-0.1, -0.05) is 17.9 Å². The number of nitrogens with two attached hydrogens (primary N) is 1. The SMILES string of the molecule is Cc1cc2c(cn1)c(C(N)=O)nn2-c1cccc(C#C[C@]2(C)CCN(C)C2=O)c1. The van der Waals surface area contributed by atoms with E-state index < -0.39 is 11.3 Å². The van der Waals surface area contributed by atoms with E-state index >= 15 is 0 Å². The lowest BCUT2D eigenvalue weighted by atomic mass is 9.89. The van der Waals surface area contributed by atoms with E-state index in [-0.39, 0.29) is 11.6 Å². The zero-order valence-corrected chi connectivity index (χ0v) is 16.6. The van der Waals surface area contributed by atoms with Crippen LogP contribution in [0.5, 0.6) is 0 Å². The number of likely N-dealkylation sites (tertiary alicyclic amines) is 1. The zero-order chi connectivity index (χ0) is 20.8. The monoisotopic (exact) mass is 387 g/mol. The molecule has 0 radical (unpaired) electrons. The van der Waals surface area contributed by atoms with Crippen molar-refractivity contribution >= 4 is 22.7 Å². The van der Waals surface area contributed by atoms with E-state index in [2.05, 4.69) is 21.9 Å². The lowest BCUT2D eigenvalue weighted by Crippen LogP contribution is -2.28. The fourth-order valence-corrected chi connectivity index (χ4v) is 3.55. The number of carbonyl (C=O) groups is 2. The Morgan fingerprint density at radius 1 is 1.31 bits per heavy atom. The molecule has 0 bridgehead atoms. The van der Waals surface area contributed by atoms with Crippen molar-refractivity contribution in [3.63, 3.8) is 0 Å². The smallest absolute Gasteiger partial charge is 0.269 e. The van der Waals surface area contributed by atoms with Crippen LogP contribution in [0.15, 0.2) is 36.5 Å². The van der Waals surface area contributed by atoms with Crippen LogP contribution < -0.4 is 5.73 Å². The summed E-state index contributed by atoms with van der Waals surface area (Å²) < 4.78 is 1.67. The zero-order valence-electron chi connectivity index (χ0n) is 16.6. The maximum Gasteiger partial charge on any atom is 0.269 e. The number of pyridine rings is 1. The minimum Gasteiger partial charge on any atom is -0.364 e. The molecule has 0 aliphatic carbocycles. The number of nitrogens with zero attached hydrogens (tertiary/aromatic N) is 4. The van der Waals surface area contributed by atoms with E-state index in [1.165, 1.54) is 0 Å². The number of hydrogen-bond acceptors (Lipinski definition) is 4. The Balaban J connectivity index is 1.78. The van der Waals surface area contributed by atoms with Crippen molar-refractivity contribution in [1.29, 1.82) is 0 Å². The minimum atomic E-state index is -0.662. The van der Waals surface area contributed by atoms with Gasteiger partial charge < -0.3 is 10.6 Å². The fourth-order valence-electron chi connectivity index (χ4n) is 3.55. The summed E-state index contributed by atoms with van der Waals surface area (Å²) in [6, 6.07) is 9.38. The predicted octanol–water partition coefficient (Wildman–Crippen LogP) is 2.05. The molecule has 0 saturated carbocycles. The highest BCUT2D eigenvalue weighted by Gasteiger charge is 2.39. The molecule has 1 aromatic carbocycles. The second-order valence-corrected chi connectivity index (χ2v) is 7.58. The number of amides is 2. The molecule has 1 fully saturated rings. The molecule has 7 nitrogen and oxygen atoms in total. The van der Waals surface area contributed by atoms with Gasteiger partial charge in [-0.05, 0) is 44.5 Å². The second kappa shape index (κ2) is 6.74. The molecule has 0 spiro atoms. The predicted molar refractivity (Wildman–Crippen MR) is 109 cm³/mol. The molecule has 0 unspecified atom stereocenters. The van der Waals surface area contributed by atoms with E-state index in [9.17, 15) is 9.59 Å². The van der Waals surface area contributed by atoms with Crippen molar-refractivity contribution in [3.8, 4) is 17.5 Å². The molecule has 3 heterocycles. The summed E-state index contributed by atoms with van der Waals surface area (Å²) in [5.41, 5.74) is 8.08. The van der Waals surface area contributed by atoms with Crippen molar-refractivity contribution < 1.29 is 9.59 Å². The number of hydrogen-bond donors (Lipinski definition) is 1. The van der Waals surface area contributed by atoms with Crippen molar-refractivity contribution in [1.82, 2.24) is 19.7 Å². The Kier molecular flexibility index (Phi) is 4.35. The van der Waals surface area contributed by atoms with Gasteiger partial charge in [-0.3, -0.25) is 14.6 Å². The highest BCUT2D eigenvalue weighted by Crippen LogP contribution is 2.30. The van der Waals surface area contributed by atoms with Crippen molar-refractivity contribution in [2.45, 2.75) is 20.3 Å². The van der Waals surface area contributed by atoms with Gasteiger partial charge in [-0.25, -0.2) is 4.68 Å². The largest absolute Gasteiger partial charge is 0.364 e. The number of aromatic nitrogens is 3. The molecule has 1 aliphatic rings. The summed E-state index contributed by atoms with van der Waals surface area (Å²) in [5.74, 6) is 5.73. The summed E-state index contributed by atoms with van der Waals surface area (Å²) in [6.07, 6.45) is 2.33. The molecular formula is C22H21N5O2. The van der Waals surface area contributed by atoms with E-state index in [0.717, 1.165) is 22.5 Å². The van der Waals surface area contributed by atoms with Gasteiger partial charge in [0.25, 0.3) is 5.91 Å². The average Bonchev–Trinajstić information content (AvgIpc) is 3.20. The van der Waals surface area contributed by atoms with Crippen LogP contribution in [0.4, 0.5) is 0 Å². The Hall–Kier alpha value is -3.66. The maximum atomic E-state index is 12.3. The first-order valence-electron chi connectivity index (χ1n) is 9.33. The first-order valence-corrected chi connectivity index (χ1v) is 9.33. The van der Waals surface area contributed by atoms with E-state index in [1.807, 2.05) is 44.2 Å². The molecule has 1 aliphatic heterocycles. The van der Waals surface area contributed by atoms with Crippen LogP contribution >= 0.6 is 0 Å². The van der Waals surface area contributed by atoms with Crippen molar-refractivity contribution in [2.24, 2.45) is 11.1 Å². The van der Waals surface area contributed by atoms with Crippen LogP contribution in [-0.2, 0) is 4.79 Å². The lowest BCUT2D eigenvalue weighted by molar-refractivity contribution is -0.131. The summed E-state index contributed by atoms with van der Waals surface area (Å²) >= 11 is 0. The standard InChI is InChI=1S/C22H21N5O2/c1-14-11-18-17(13-24-14)19(20(23)28)25-27(18)16-6-4-5-15(12-16)7-8-22(2)9-10-26(3)21(22)29/h4-6,11-13H,9-10H2,1-3H3,(H2,23,28)/t22-/m1/s1. The molecule has 3 aromatic rings. The maximum absolute atomic E-state index is 12.3. The molecule has 4 rings (SSSR count).